The zero-order chi connectivity index (χ0) is 15.7. The first kappa shape index (κ1) is 14.4. The second kappa shape index (κ2) is 5.69. The lowest BCUT2D eigenvalue weighted by Gasteiger charge is -1.98. The van der Waals surface area contributed by atoms with Crippen LogP contribution in [0.2, 0.25) is 0 Å². The molecular weight excluding hydrogens is 348 g/mol. The molecule has 3 aromatic rings. The van der Waals surface area contributed by atoms with Crippen LogP contribution in [-0.2, 0) is 7.05 Å². The van der Waals surface area contributed by atoms with Crippen LogP contribution in [0.25, 0.3) is 11.0 Å². The van der Waals surface area contributed by atoms with Crippen molar-refractivity contribution in [3.63, 3.8) is 0 Å². The number of nitro groups is 1. The predicted molar refractivity (Wildman–Crippen MR) is 88.8 cm³/mol. The van der Waals surface area contributed by atoms with Gasteiger partial charge < -0.3 is 4.57 Å². The van der Waals surface area contributed by atoms with E-state index in [2.05, 4.69) is 25.9 Å². The molecule has 1 heterocycles. The highest BCUT2D eigenvalue weighted by atomic mass is 79.9. The van der Waals surface area contributed by atoms with Crippen molar-refractivity contribution in [1.82, 2.24) is 9.55 Å². The Kier molecular flexibility index (Phi) is 3.72. The maximum Gasteiger partial charge on any atom is 0.284 e. The molecule has 0 bridgehead atoms. The average Bonchev–Trinajstić information content (AvgIpc) is 2.87. The number of nitrogens with zero attached hydrogens (tertiary/aromatic N) is 4. The Morgan fingerprint density at radius 1 is 1.32 bits per heavy atom. The van der Waals surface area contributed by atoms with Crippen LogP contribution in [0.4, 0.5) is 11.4 Å². The van der Waals surface area contributed by atoms with Gasteiger partial charge in [0.1, 0.15) is 0 Å². The number of rotatable bonds is 3. The van der Waals surface area contributed by atoms with Crippen LogP contribution in [0.3, 0.4) is 0 Å². The van der Waals surface area contributed by atoms with Crippen LogP contribution in [-0.4, -0.2) is 20.7 Å². The van der Waals surface area contributed by atoms with Gasteiger partial charge in [-0.3, -0.25) is 15.1 Å². The van der Waals surface area contributed by atoms with Crippen molar-refractivity contribution in [2.45, 2.75) is 0 Å². The van der Waals surface area contributed by atoms with Gasteiger partial charge in [-0.15, -0.1) is 0 Å². The summed E-state index contributed by atoms with van der Waals surface area (Å²) in [5.74, 6) is 0. The number of nitro benzene ring substituents is 1. The molecule has 0 amide bonds. The third-order valence-electron chi connectivity index (χ3n) is 3.24. The van der Waals surface area contributed by atoms with Crippen molar-refractivity contribution in [3.8, 4) is 0 Å². The number of aryl methyl sites for hydroxylation is 1. The van der Waals surface area contributed by atoms with Gasteiger partial charge >= 0.3 is 0 Å². The number of aliphatic imine (C=N–C) groups is 1. The van der Waals surface area contributed by atoms with Crippen LogP contribution in [0.15, 0.2) is 52.2 Å². The van der Waals surface area contributed by atoms with Crippen LogP contribution < -0.4 is 0 Å². The van der Waals surface area contributed by atoms with Gasteiger partial charge in [0.15, 0.2) is 0 Å². The first-order valence-electron chi connectivity index (χ1n) is 6.44. The molecule has 0 spiro atoms. The molecule has 0 aliphatic carbocycles. The summed E-state index contributed by atoms with van der Waals surface area (Å²) in [6.07, 6.45) is 3.35. The zero-order valence-electron chi connectivity index (χ0n) is 11.6. The second-order valence-electron chi connectivity index (χ2n) is 4.75. The van der Waals surface area contributed by atoms with Gasteiger partial charge in [-0.1, -0.05) is 6.07 Å². The molecule has 0 unspecified atom stereocenters. The van der Waals surface area contributed by atoms with E-state index in [0.717, 1.165) is 16.7 Å². The molecule has 22 heavy (non-hydrogen) atoms. The molecule has 2 aromatic carbocycles. The fourth-order valence-corrected chi connectivity index (χ4v) is 2.50. The standard InChI is InChI=1S/C15H11BrN4O2/c1-19-9-18-13-7-11(3-5-14(13)19)17-8-10-2-4-12(16)15(6-10)20(21)22/h2-9H,1H3. The molecule has 0 N–H and O–H groups in total. The van der Waals surface area contributed by atoms with Crippen molar-refractivity contribution >= 4 is 44.6 Å². The van der Waals surface area contributed by atoms with Crippen LogP contribution in [0.5, 0.6) is 0 Å². The van der Waals surface area contributed by atoms with Crippen LogP contribution in [0, 0.1) is 10.1 Å². The SMILES string of the molecule is Cn1cnc2cc(N=Cc3ccc(Br)c([N+](=O)[O-])c3)ccc21. The Morgan fingerprint density at radius 2 is 2.14 bits per heavy atom. The van der Waals surface area contributed by atoms with Crippen LogP contribution in [0.1, 0.15) is 5.56 Å². The maximum absolute atomic E-state index is 10.9. The average molecular weight is 359 g/mol. The monoisotopic (exact) mass is 358 g/mol. The molecule has 110 valence electrons. The first-order chi connectivity index (χ1) is 10.5. The quantitative estimate of drug-likeness (QED) is 0.403. The Labute approximate surface area is 134 Å². The number of hydrogen-bond acceptors (Lipinski definition) is 4. The van der Waals surface area contributed by atoms with E-state index in [4.69, 9.17) is 0 Å². The summed E-state index contributed by atoms with van der Waals surface area (Å²) >= 11 is 3.16. The molecule has 6 nitrogen and oxygen atoms in total. The predicted octanol–water partition coefficient (Wildman–Crippen LogP) is 3.99. The Balaban J connectivity index is 1.92. The van der Waals surface area contributed by atoms with E-state index in [1.54, 1.807) is 24.7 Å². The van der Waals surface area contributed by atoms with Gasteiger partial charge in [-0.05, 0) is 45.8 Å². The smallest absolute Gasteiger partial charge is 0.284 e. The molecule has 0 aliphatic rings. The third kappa shape index (κ3) is 2.75. The molecule has 1 aromatic heterocycles. The highest BCUT2D eigenvalue weighted by molar-refractivity contribution is 9.10. The second-order valence-corrected chi connectivity index (χ2v) is 5.61. The summed E-state index contributed by atoms with van der Waals surface area (Å²) < 4.78 is 2.38. The van der Waals surface area contributed by atoms with Crippen molar-refractivity contribution in [2.24, 2.45) is 12.0 Å². The lowest BCUT2D eigenvalue weighted by molar-refractivity contribution is -0.385. The lowest BCUT2D eigenvalue weighted by atomic mass is 10.2. The lowest BCUT2D eigenvalue weighted by Crippen LogP contribution is -1.91. The topological polar surface area (TPSA) is 73.3 Å². The van der Waals surface area contributed by atoms with Gasteiger partial charge in [-0.2, -0.15) is 0 Å². The minimum absolute atomic E-state index is 0.0177. The Bertz CT molecular complexity index is 902. The molecule has 0 aliphatic heterocycles. The largest absolute Gasteiger partial charge is 0.334 e. The minimum Gasteiger partial charge on any atom is -0.334 e. The molecule has 7 heteroatoms. The highest BCUT2D eigenvalue weighted by Crippen LogP contribution is 2.25. The number of benzene rings is 2. The minimum atomic E-state index is -0.429. The molecule has 0 saturated carbocycles. The van der Waals surface area contributed by atoms with Crippen LogP contribution >= 0.6 is 15.9 Å². The summed E-state index contributed by atoms with van der Waals surface area (Å²) in [5, 5.41) is 10.9. The van der Waals surface area contributed by atoms with E-state index in [-0.39, 0.29) is 5.69 Å². The first-order valence-corrected chi connectivity index (χ1v) is 7.23. The van der Waals surface area contributed by atoms with E-state index >= 15 is 0 Å². The normalized spacial score (nSPS) is 11.4. The van der Waals surface area contributed by atoms with Crippen molar-refractivity contribution in [1.29, 1.82) is 0 Å². The summed E-state index contributed by atoms with van der Waals surface area (Å²) in [6.45, 7) is 0. The van der Waals surface area contributed by atoms with Gasteiger partial charge in [0.25, 0.3) is 5.69 Å². The number of imidazole rings is 1. The fraction of sp³-hybridized carbons (Fsp3) is 0.0667. The van der Waals surface area contributed by atoms with Gasteiger partial charge in [0.05, 0.1) is 32.4 Å². The van der Waals surface area contributed by atoms with Crippen molar-refractivity contribution in [2.75, 3.05) is 0 Å². The maximum atomic E-state index is 10.9. The number of halogens is 1. The summed E-state index contributed by atoms with van der Waals surface area (Å²) in [7, 11) is 1.93. The molecule has 0 radical (unpaired) electrons. The summed E-state index contributed by atoms with van der Waals surface area (Å²) in [6, 6.07) is 10.6. The molecule has 0 saturated heterocycles. The zero-order valence-corrected chi connectivity index (χ0v) is 13.2. The molecule has 0 fully saturated rings. The molecule has 3 rings (SSSR count). The summed E-state index contributed by atoms with van der Waals surface area (Å²) in [5.41, 5.74) is 3.31. The van der Waals surface area contributed by atoms with E-state index < -0.39 is 4.92 Å². The third-order valence-corrected chi connectivity index (χ3v) is 3.91. The molecular formula is C15H11BrN4O2. The van der Waals surface area contributed by atoms with E-state index in [1.165, 1.54) is 6.07 Å². The number of aromatic nitrogens is 2. The Morgan fingerprint density at radius 3 is 2.91 bits per heavy atom. The Hall–Kier alpha value is -2.54. The van der Waals surface area contributed by atoms with E-state index in [0.29, 0.717) is 10.0 Å². The molecule has 0 atom stereocenters. The van der Waals surface area contributed by atoms with Gasteiger partial charge in [-0.25, -0.2) is 4.98 Å². The highest BCUT2D eigenvalue weighted by Gasteiger charge is 2.11. The number of fused-ring (bicyclic) bond motifs is 1. The fourth-order valence-electron chi connectivity index (χ4n) is 2.10. The number of hydrogen-bond donors (Lipinski definition) is 0. The van der Waals surface area contributed by atoms with E-state index in [1.807, 2.05) is 29.8 Å². The summed E-state index contributed by atoms with van der Waals surface area (Å²) in [4.78, 5) is 19.1. The van der Waals surface area contributed by atoms with Gasteiger partial charge in [0, 0.05) is 19.3 Å². The van der Waals surface area contributed by atoms with E-state index in [9.17, 15) is 10.1 Å². The van der Waals surface area contributed by atoms with Crippen molar-refractivity contribution in [3.05, 3.63) is 62.9 Å². The van der Waals surface area contributed by atoms with Crippen molar-refractivity contribution < 1.29 is 4.92 Å². The van der Waals surface area contributed by atoms with Gasteiger partial charge in [0.2, 0.25) is 0 Å².